The van der Waals surface area contributed by atoms with Crippen molar-refractivity contribution in [2.75, 3.05) is 26.4 Å². The first-order valence-corrected chi connectivity index (χ1v) is 8.67. The van der Waals surface area contributed by atoms with Crippen LogP contribution < -0.4 is 4.74 Å². The third kappa shape index (κ3) is 5.59. The maximum atomic E-state index is 13.6. The molecule has 1 aliphatic heterocycles. The van der Waals surface area contributed by atoms with Gasteiger partial charge < -0.3 is 14.2 Å². The van der Waals surface area contributed by atoms with Crippen LogP contribution in [0.3, 0.4) is 0 Å². The van der Waals surface area contributed by atoms with Crippen LogP contribution in [0.4, 0.5) is 9.18 Å². The second-order valence-corrected chi connectivity index (χ2v) is 7.55. The second-order valence-electron chi connectivity index (χ2n) is 7.55. The first kappa shape index (κ1) is 19.5. The molecule has 1 atom stereocenters. The monoisotopic (exact) mass is 353 g/mol. The molecule has 5 nitrogen and oxygen atoms in total. The zero-order chi connectivity index (χ0) is 18.6. The summed E-state index contributed by atoms with van der Waals surface area (Å²) in [5.74, 6) is 0.369. The summed E-state index contributed by atoms with van der Waals surface area (Å²) in [5, 5.41) is 0. The van der Waals surface area contributed by atoms with Crippen LogP contribution in [0.15, 0.2) is 18.2 Å². The number of hydrogen-bond acceptors (Lipinski definition) is 4. The molecule has 0 aliphatic carbocycles. The van der Waals surface area contributed by atoms with E-state index in [0.717, 1.165) is 5.56 Å². The van der Waals surface area contributed by atoms with Gasteiger partial charge in [-0.05, 0) is 38.3 Å². The van der Waals surface area contributed by atoms with Gasteiger partial charge in [0.05, 0.1) is 19.3 Å². The van der Waals surface area contributed by atoms with Crippen molar-refractivity contribution in [3.05, 3.63) is 29.6 Å². The van der Waals surface area contributed by atoms with E-state index in [2.05, 4.69) is 0 Å². The molecule has 0 saturated carbocycles. The van der Waals surface area contributed by atoms with Crippen molar-refractivity contribution in [1.29, 1.82) is 0 Å². The molecule has 1 aromatic rings. The van der Waals surface area contributed by atoms with Crippen LogP contribution >= 0.6 is 0 Å². The number of nitrogens with zero attached hydrogens (tertiary/aromatic N) is 1. The molecule has 0 spiro atoms. The summed E-state index contributed by atoms with van der Waals surface area (Å²) in [7, 11) is 0. The van der Waals surface area contributed by atoms with Crippen molar-refractivity contribution in [3.8, 4) is 5.75 Å². The Labute approximate surface area is 149 Å². The molecular formula is C19H28FNO4. The van der Waals surface area contributed by atoms with Crippen LogP contribution in [-0.4, -0.2) is 49.0 Å². The second kappa shape index (κ2) is 8.04. The van der Waals surface area contributed by atoms with Crippen molar-refractivity contribution in [2.45, 2.75) is 52.2 Å². The fourth-order valence-corrected chi connectivity index (χ4v) is 2.65. The number of carbonyl (C=O) groups excluding carboxylic acids is 1. The molecule has 6 heteroatoms. The van der Waals surface area contributed by atoms with E-state index in [0.29, 0.717) is 25.5 Å². The topological polar surface area (TPSA) is 48.0 Å². The molecule has 1 aromatic carbocycles. The number of rotatable bonds is 4. The van der Waals surface area contributed by atoms with Gasteiger partial charge >= 0.3 is 6.09 Å². The van der Waals surface area contributed by atoms with Gasteiger partial charge in [-0.3, -0.25) is 4.90 Å². The highest BCUT2D eigenvalue weighted by atomic mass is 19.1. The molecule has 1 aliphatic rings. The largest absolute Gasteiger partial charge is 0.491 e. The lowest BCUT2D eigenvalue weighted by Crippen LogP contribution is -2.52. The third-order valence-corrected chi connectivity index (χ3v) is 3.88. The molecule has 1 saturated heterocycles. The minimum absolute atomic E-state index is 0.208. The Bertz CT molecular complexity index is 598. The Kier molecular flexibility index (Phi) is 6.27. The van der Waals surface area contributed by atoms with E-state index in [9.17, 15) is 9.18 Å². The fraction of sp³-hybridized carbons (Fsp3) is 0.632. The highest BCUT2D eigenvalue weighted by molar-refractivity contribution is 5.68. The van der Waals surface area contributed by atoms with Crippen LogP contribution in [0.1, 0.15) is 46.1 Å². The molecule has 1 fully saturated rings. The molecule has 0 aromatic heterocycles. The molecule has 1 unspecified atom stereocenters. The SMILES string of the molecule is CC(C)c1ccc(F)cc1OCC1COCCN1C(=O)OC(C)(C)C. The maximum Gasteiger partial charge on any atom is 0.410 e. The van der Waals surface area contributed by atoms with E-state index in [4.69, 9.17) is 14.2 Å². The number of ether oxygens (including phenoxy) is 3. The Morgan fingerprint density at radius 2 is 2.12 bits per heavy atom. The van der Waals surface area contributed by atoms with Crippen molar-refractivity contribution in [1.82, 2.24) is 4.90 Å². The third-order valence-electron chi connectivity index (χ3n) is 3.88. The molecule has 25 heavy (non-hydrogen) atoms. The molecule has 0 bridgehead atoms. The Morgan fingerprint density at radius 1 is 1.40 bits per heavy atom. The van der Waals surface area contributed by atoms with Gasteiger partial charge in [-0.25, -0.2) is 9.18 Å². The Morgan fingerprint density at radius 3 is 2.76 bits per heavy atom. The highest BCUT2D eigenvalue weighted by Crippen LogP contribution is 2.28. The van der Waals surface area contributed by atoms with Gasteiger partial charge in [0, 0.05) is 12.6 Å². The molecule has 0 radical (unpaired) electrons. The van der Waals surface area contributed by atoms with Crippen molar-refractivity contribution in [2.24, 2.45) is 0 Å². The minimum Gasteiger partial charge on any atom is -0.491 e. The smallest absolute Gasteiger partial charge is 0.410 e. The van der Waals surface area contributed by atoms with Gasteiger partial charge in [0.2, 0.25) is 0 Å². The highest BCUT2D eigenvalue weighted by Gasteiger charge is 2.31. The number of morpholine rings is 1. The van der Waals surface area contributed by atoms with Crippen LogP contribution in [0.5, 0.6) is 5.75 Å². The fourth-order valence-electron chi connectivity index (χ4n) is 2.65. The van der Waals surface area contributed by atoms with E-state index >= 15 is 0 Å². The normalized spacial score (nSPS) is 18.4. The number of halogens is 1. The lowest BCUT2D eigenvalue weighted by Gasteiger charge is -2.36. The number of benzene rings is 1. The van der Waals surface area contributed by atoms with Gasteiger partial charge in [0.15, 0.2) is 0 Å². The summed E-state index contributed by atoms with van der Waals surface area (Å²) in [6, 6.07) is 4.28. The lowest BCUT2D eigenvalue weighted by atomic mass is 10.0. The predicted octanol–water partition coefficient (Wildman–Crippen LogP) is 3.96. The summed E-state index contributed by atoms with van der Waals surface area (Å²) in [6.07, 6.45) is -0.382. The predicted molar refractivity (Wildman–Crippen MR) is 93.5 cm³/mol. The van der Waals surface area contributed by atoms with Crippen molar-refractivity contribution in [3.63, 3.8) is 0 Å². The minimum atomic E-state index is -0.561. The van der Waals surface area contributed by atoms with Crippen LogP contribution in [0.25, 0.3) is 0 Å². The first-order chi connectivity index (χ1) is 11.7. The quantitative estimate of drug-likeness (QED) is 0.822. The van der Waals surface area contributed by atoms with Gasteiger partial charge in [-0.15, -0.1) is 0 Å². The first-order valence-electron chi connectivity index (χ1n) is 8.67. The Hall–Kier alpha value is -1.82. The molecule has 2 rings (SSSR count). The van der Waals surface area contributed by atoms with E-state index < -0.39 is 5.60 Å². The van der Waals surface area contributed by atoms with Gasteiger partial charge in [0.25, 0.3) is 0 Å². The standard InChI is InChI=1S/C19H28FNO4/c1-13(2)16-7-6-14(20)10-17(16)24-12-15-11-23-9-8-21(15)18(22)25-19(3,4)5/h6-7,10,13,15H,8-9,11-12H2,1-5H3. The molecular weight excluding hydrogens is 325 g/mol. The zero-order valence-electron chi connectivity index (χ0n) is 15.7. The van der Waals surface area contributed by atoms with Gasteiger partial charge in [-0.2, -0.15) is 0 Å². The van der Waals surface area contributed by atoms with Gasteiger partial charge in [0.1, 0.15) is 23.8 Å². The number of carbonyl (C=O) groups is 1. The number of amides is 1. The molecule has 0 N–H and O–H groups in total. The summed E-state index contributed by atoms with van der Waals surface area (Å²) < 4.78 is 30.4. The van der Waals surface area contributed by atoms with Crippen LogP contribution in [0, 0.1) is 5.82 Å². The van der Waals surface area contributed by atoms with E-state index in [1.165, 1.54) is 12.1 Å². The average molecular weight is 353 g/mol. The molecule has 1 amide bonds. The van der Waals surface area contributed by atoms with Crippen molar-refractivity contribution >= 4 is 6.09 Å². The van der Waals surface area contributed by atoms with E-state index in [1.807, 2.05) is 34.6 Å². The van der Waals surface area contributed by atoms with Crippen LogP contribution in [0.2, 0.25) is 0 Å². The molecule has 140 valence electrons. The maximum absolute atomic E-state index is 13.6. The van der Waals surface area contributed by atoms with E-state index in [1.54, 1.807) is 11.0 Å². The zero-order valence-corrected chi connectivity index (χ0v) is 15.7. The Balaban J connectivity index is 2.07. The average Bonchev–Trinajstić information content (AvgIpc) is 2.51. The van der Waals surface area contributed by atoms with Crippen molar-refractivity contribution < 1.29 is 23.4 Å². The van der Waals surface area contributed by atoms with Gasteiger partial charge in [-0.1, -0.05) is 19.9 Å². The van der Waals surface area contributed by atoms with E-state index in [-0.39, 0.29) is 30.5 Å². The summed E-state index contributed by atoms with van der Waals surface area (Å²) in [5.41, 5.74) is 0.371. The molecule has 1 heterocycles. The summed E-state index contributed by atoms with van der Waals surface area (Å²) >= 11 is 0. The van der Waals surface area contributed by atoms with Crippen LogP contribution in [-0.2, 0) is 9.47 Å². The number of hydrogen-bond donors (Lipinski definition) is 0. The lowest BCUT2D eigenvalue weighted by molar-refractivity contribution is -0.0419. The summed E-state index contributed by atoms with van der Waals surface area (Å²) in [6.45, 7) is 11.0. The summed E-state index contributed by atoms with van der Waals surface area (Å²) in [4.78, 5) is 14.0.